The highest BCUT2D eigenvalue weighted by atomic mass is 79.9. The largest absolute Gasteiger partial charge is 0.437 e. The third kappa shape index (κ3) is 2.34. The highest BCUT2D eigenvalue weighted by Gasteiger charge is 2.04. The van der Waals surface area contributed by atoms with Gasteiger partial charge in [0.2, 0.25) is 5.88 Å². The monoisotopic (exact) mass is 332 g/mol. The summed E-state index contributed by atoms with van der Waals surface area (Å²) in [5, 5.41) is 1.80. The fourth-order valence-corrected chi connectivity index (χ4v) is 2.42. The van der Waals surface area contributed by atoms with Gasteiger partial charge in [-0.3, -0.25) is 0 Å². The molecule has 1 heterocycles. The predicted octanol–water partition coefficient (Wildman–Crippen LogP) is 4.26. The van der Waals surface area contributed by atoms with Gasteiger partial charge in [0.25, 0.3) is 0 Å². The molecule has 5 heteroatoms. The first-order valence-corrected chi connectivity index (χ1v) is 6.17. The smallest absolute Gasteiger partial charge is 0.230 e. The molecule has 0 atom stereocenters. The zero-order chi connectivity index (χ0) is 9.97. The van der Waals surface area contributed by atoms with E-state index in [1.165, 1.54) is 11.3 Å². The third-order valence-corrected chi connectivity index (χ3v) is 3.11. The molecule has 1 radical (unpaired) electrons. The Hall–Kier alpha value is -0.390. The van der Waals surface area contributed by atoms with Crippen LogP contribution in [-0.4, -0.2) is 4.98 Å². The predicted molar refractivity (Wildman–Crippen MR) is 62.9 cm³/mol. The second-order valence-corrected chi connectivity index (χ2v) is 4.88. The molecule has 2 rings (SSSR count). The molecule has 1 aromatic carbocycles. The maximum atomic E-state index is 5.50. The van der Waals surface area contributed by atoms with E-state index >= 15 is 0 Å². The van der Waals surface area contributed by atoms with Gasteiger partial charge in [-0.15, -0.1) is 11.3 Å². The quantitative estimate of drug-likeness (QED) is 0.819. The zero-order valence-corrected chi connectivity index (χ0v) is 10.8. The molecule has 0 aliphatic carbocycles. The second-order valence-electron chi connectivity index (χ2n) is 2.45. The summed E-state index contributed by atoms with van der Waals surface area (Å²) in [4.78, 5) is 3.91. The van der Waals surface area contributed by atoms with Crippen LogP contribution in [0.2, 0.25) is 0 Å². The van der Waals surface area contributed by atoms with E-state index in [9.17, 15) is 0 Å². The average Bonchev–Trinajstić information content (AvgIpc) is 2.62. The Morgan fingerprint density at radius 3 is 2.86 bits per heavy atom. The molecule has 0 spiro atoms. The van der Waals surface area contributed by atoms with E-state index in [0.717, 1.165) is 14.7 Å². The van der Waals surface area contributed by atoms with Crippen molar-refractivity contribution in [3.8, 4) is 11.6 Å². The number of nitrogens with zero attached hydrogens (tertiary/aromatic N) is 1. The van der Waals surface area contributed by atoms with Crippen molar-refractivity contribution in [1.29, 1.82) is 0 Å². The fraction of sp³-hybridized carbons (Fsp3) is 0. The van der Waals surface area contributed by atoms with Crippen molar-refractivity contribution >= 4 is 43.2 Å². The van der Waals surface area contributed by atoms with Crippen molar-refractivity contribution in [2.75, 3.05) is 0 Å². The van der Waals surface area contributed by atoms with Crippen LogP contribution in [0.15, 0.2) is 32.5 Å². The van der Waals surface area contributed by atoms with Gasteiger partial charge in [0.1, 0.15) is 5.75 Å². The molecule has 71 valence electrons. The van der Waals surface area contributed by atoms with Crippen LogP contribution in [0.5, 0.6) is 11.6 Å². The topological polar surface area (TPSA) is 22.1 Å². The molecule has 1 aromatic heterocycles. The lowest BCUT2D eigenvalue weighted by Gasteiger charge is -2.04. The highest BCUT2D eigenvalue weighted by molar-refractivity contribution is 9.11. The maximum Gasteiger partial charge on any atom is 0.230 e. The van der Waals surface area contributed by atoms with Gasteiger partial charge in [-0.05, 0) is 34.1 Å². The zero-order valence-electron chi connectivity index (χ0n) is 6.83. The second kappa shape index (κ2) is 4.42. The van der Waals surface area contributed by atoms with E-state index in [1.54, 1.807) is 5.38 Å². The highest BCUT2D eigenvalue weighted by Crippen LogP contribution is 2.31. The molecular formula is C9H4Br2NOS. The van der Waals surface area contributed by atoms with Crippen molar-refractivity contribution in [3.63, 3.8) is 0 Å². The van der Waals surface area contributed by atoms with Crippen LogP contribution in [-0.2, 0) is 0 Å². The molecule has 0 fully saturated rings. The Morgan fingerprint density at radius 1 is 1.36 bits per heavy atom. The SMILES string of the molecule is Brc1ccc(Oc2cs[c]n2)c(Br)c1. The van der Waals surface area contributed by atoms with Gasteiger partial charge in [0.15, 0.2) is 5.51 Å². The van der Waals surface area contributed by atoms with Crippen LogP contribution in [0.3, 0.4) is 0 Å². The summed E-state index contributed by atoms with van der Waals surface area (Å²) < 4.78 is 7.39. The Morgan fingerprint density at radius 2 is 2.21 bits per heavy atom. The number of aromatic nitrogens is 1. The van der Waals surface area contributed by atoms with Crippen molar-refractivity contribution in [1.82, 2.24) is 4.98 Å². The van der Waals surface area contributed by atoms with Gasteiger partial charge in [-0.1, -0.05) is 15.9 Å². The molecule has 0 N–H and O–H groups in total. The first kappa shape index (κ1) is 10.1. The van der Waals surface area contributed by atoms with Gasteiger partial charge >= 0.3 is 0 Å². The van der Waals surface area contributed by atoms with E-state index in [1.807, 2.05) is 18.2 Å². The molecule has 2 nitrogen and oxygen atoms in total. The number of thiazole rings is 1. The molecule has 0 bridgehead atoms. The summed E-state index contributed by atoms with van der Waals surface area (Å²) in [6.45, 7) is 0. The maximum absolute atomic E-state index is 5.50. The van der Waals surface area contributed by atoms with Crippen LogP contribution in [0.4, 0.5) is 0 Å². The van der Waals surface area contributed by atoms with E-state index in [0.29, 0.717) is 5.88 Å². The minimum absolute atomic E-state index is 0.568. The van der Waals surface area contributed by atoms with Gasteiger partial charge < -0.3 is 4.74 Å². The average molecular weight is 334 g/mol. The summed E-state index contributed by atoms with van der Waals surface area (Å²) >= 11 is 8.15. The molecule has 0 saturated carbocycles. The van der Waals surface area contributed by atoms with Crippen LogP contribution in [0.25, 0.3) is 0 Å². The summed E-state index contributed by atoms with van der Waals surface area (Å²) in [5.74, 6) is 1.31. The Kier molecular flexibility index (Phi) is 3.20. The molecule has 0 amide bonds. The van der Waals surface area contributed by atoms with E-state index in [-0.39, 0.29) is 0 Å². The number of benzene rings is 1. The van der Waals surface area contributed by atoms with Crippen molar-refractivity contribution in [2.24, 2.45) is 0 Å². The van der Waals surface area contributed by atoms with Gasteiger partial charge in [0, 0.05) is 4.47 Å². The Balaban J connectivity index is 2.25. The van der Waals surface area contributed by atoms with Crippen molar-refractivity contribution in [2.45, 2.75) is 0 Å². The number of hydrogen-bond acceptors (Lipinski definition) is 3. The molecule has 14 heavy (non-hydrogen) atoms. The summed E-state index contributed by atoms with van der Waals surface area (Å²) in [6.07, 6.45) is 0. The minimum atomic E-state index is 0.568. The van der Waals surface area contributed by atoms with E-state index in [4.69, 9.17) is 4.74 Å². The lowest BCUT2D eigenvalue weighted by molar-refractivity contribution is 0.463. The molecule has 2 aromatic rings. The van der Waals surface area contributed by atoms with Gasteiger partial charge in [0.05, 0.1) is 9.85 Å². The lowest BCUT2D eigenvalue weighted by Crippen LogP contribution is -1.84. The minimum Gasteiger partial charge on any atom is -0.437 e. The number of rotatable bonds is 2. The molecule has 0 aliphatic rings. The molecule has 0 aliphatic heterocycles. The number of halogens is 2. The molecule has 0 unspecified atom stereocenters. The molecule has 0 saturated heterocycles. The number of ether oxygens (including phenoxy) is 1. The third-order valence-electron chi connectivity index (χ3n) is 1.48. The van der Waals surface area contributed by atoms with Crippen LogP contribution in [0.1, 0.15) is 0 Å². The number of hydrogen-bond donors (Lipinski definition) is 0. The Labute approximate surface area is 102 Å². The van der Waals surface area contributed by atoms with Crippen LogP contribution in [0, 0.1) is 5.51 Å². The fourth-order valence-electron chi connectivity index (χ4n) is 0.892. The normalized spacial score (nSPS) is 10.1. The Bertz CT molecular complexity index is 430. The first-order chi connectivity index (χ1) is 6.75. The van der Waals surface area contributed by atoms with E-state index in [2.05, 4.69) is 42.4 Å². The lowest BCUT2D eigenvalue weighted by atomic mass is 10.3. The first-order valence-electron chi connectivity index (χ1n) is 3.70. The summed E-state index contributed by atoms with van der Waals surface area (Å²) in [7, 11) is 0. The van der Waals surface area contributed by atoms with Crippen molar-refractivity contribution in [3.05, 3.63) is 38.0 Å². The van der Waals surface area contributed by atoms with E-state index < -0.39 is 0 Å². The van der Waals surface area contributed by atoms with Crippen LogP contribution < -0.4 is 4.74 Å². The van der Waals surface area contributed by atoms with Crippen LogP contribution >= 0.6 is 43.2 Å². The molecular weight excluding hydrogens is 330 g/mol. The van der Waals surface area contributed by atoms with Crippen molar-refractivity contribution < 1.29 is 4.74 Å². The van der Waals surface area contributed by atoms with Gasteiger partial charge in [-0.2, -0.15) is 4.98 Å². The standard InChI is InChI=1S/C9H4Br2NOS/c10-6-1-2-8(7(11)3-6)13-9-4-14-5-12-9/h1-4H. The van der Waals surface area contributed by atoms with Gasteiger partial charge in [-0.25, -0.2) is 0 Å². The summed E-state index contributed by atoms with van der Waals surface area (Å²) in [5.41, 5.74) is 2.72. The summed E-state index contributed by atoms with van der Waals surface area (Å²) in [6, 6.07) is 5.70.